The van der Waals surface area contributed by atoms with Gasteiger partial charge in [-0.1, -0.05) is 18.5 Å². The number of imide groups is 1. The van der Waals surface area contributed by atoms with Crippen LogP contribution in [0.15, 0.2) is 23.9 Å². The summed E-state index contributed by atoms with van der Waals surface area (Å²) >= 11 is 5.82. The summed E-state index contributed by atoms with van der Waals surface area (Å²) in [5, 5.41) is 12.6. The lowest BCUT2D eigenvalue weighted by atomic mass is 10.1. The number of aromatic hydroxyl groups is 1. The predicted molar refractivity (Wildman–Crippen MR) is 71.6 cm³/mol. The van der Waals surface area contributed by atoms with E-state index in [1.165, 1.54) is 24.3 Å². The highest BCUT2D eigenvalue weighted by atomic mass is 35.5. The number of hydrogen-bond acceptors (Lipinski definition) is 3. The second-order valence-electron chi connectivity index (χ2n) is 4.15. The van der Waals surface area contributed by atoms with Crippen LogP contribution in [0.25, 0.3) is 6.08 Å². The molecule has 0 saturated carbocycles. The van der Waals surface area contributed by atoms with Crippen LogP contribution in [-0.2, 0) is 4.79 Å². The molecular formula is C13H13ClN2O3. The van der Waals surface area contributed by atoms with E-state index in [0.717, 1.165) is 4.90 Å². The standard InChI is InChI=1S/C13H13ClN2O3/c1-2-5-16-12(18)10(15-13(16)19)7-8-6-9(14)3-4-11(8)17/h3-4,6-7,17H,2,5H2,1H3,(H,15,19)/b10-7+. The predicted octanol–water partition coefficient (Wildman–Crippen LogP) is 2.35. The Morgan fingerprint density at radius 2 is 2.16 bits per heavy atom. The highest BCUT2D eigenvalue weighted by Crippen LogP contribution is 2.24. The van der Waals surface area contributed by atoms with Crippen LogP contribution in [0.3, 0.4) is 0 Å². The van der Waals surface area contributed by atoms with E-state index >= 15 is 0 Å². The summed E-state index contributed by atoms with van der Waals surface area (Å²) in [7, 11) is 0. The van der Waals surface area contributed by atoms with E-state index in [4.69, 9.17) is 11.6 Å². The van der Waals surface area contributed by atoms with Crippen LogP contribution in [0.5, 0.6) is 5.75 Å². The third kappa shape index (κ3) is 2.71. The molecule has 1 fully saturated rings. The number of rotatable bonds is 3. The second kappa shape index (κ2) is 5.32. The minimum Gasteiger partial charge on any atom is -0.507 e. The number of halogens is 1. The fourth-order valence-corrected chi connectivity index (χ4v) is 1.98. The molecule has 2 N–H and O–H groups in total. The molecule has 2 rings (SSSR count). The van der Waals surface area contributed by atoms with Crippen LogP contribution in [0.2, 0.25) is 5.02 Å². The summed E-state index contributed by atoms with van der Waals surface area (Å²) in [6.45, 7) is 2.24. The molecule has 0 atom stereocenters. The number of phenols is 1. The molecule has 1 saturated heterocycles. The molecule has 1 heterocycles. The van der Waals surface area contributed by atoms with Gasteiger partial charge in [0.2, 0.25) is 0 Å². The highest BCUT2D eigenvalue weighted by Gasteiger charge is 2.32. The maximum atomic E-state index is 12.0. The first-order chi connectivity index (χ1) is 9.02. The number of nitrogens with zero attached hydrogens (tertiary/aromatic N) is 1. The van der Waals surface area contributed by atoms with Crippen LogP contribution in [0.1, 0.15) is 18.9 Å². The Balaban J connectivity index is 2.32. The third-order valence-electron chi connectivity index (χ3n) is 2.70. The minimum atomic E-state index is -0.445. The number of amides is 3. The van der Waals surface area contributed by atoms with E-state index in [1.807, 2.05) is 6.92 Å². The van der Waals surface area contributed by atoms with Crippen molar-refractivity contribution >= 4 is 29.6 Å². The quantitative estimate of drug-likeness (QED) is 0.659. The lowest BCUT2D eigenvalue weighted by Gasteiger charge is -2.08. The van der Waals surface area contributed by atoms with Crippen molar-refractivity contribution in [3.8, 4) is 5.75 Å². The SMILES string of the molecule is CCCN1C(=O)N/C(=C/c2cc(Cl)ccc2O)C1=O. The van der Waals surface area contributed by atoms with E-state index in [0.29, 0.717) is 23.6 Å². The Kier molecular flexibility index (Phi) is 3.76. The van der Waals surface area contributed by atoms with Gasteiger partial charge in [-0.15, -0.1) is 0 Å². The maximum absolute atomic E-state index is 12.0. The molecule has 100 valence electrons. The molecular weight excluding hydrogens is 268 g/mol. The number of carbonyl (C=O) groups is 2. The lowest BCUT2D eigenvalue weighted by molar-refractivity contribution is -0.122. The van der Waals surface area contributed by atoms with E-state index in [9.17, 15) is 14.7 Å². The number of urea groups is 1. The number of phenolic OH excluding ortho intramolecular Hbond substituents is 1. The van der Waals surface area contributed by atoms with E-state index in [-0.39, 0.29) is 11.4 Å². The molecule has 1 aliphatic heterocycles. The molecule has 1 aromatic carbocycles. The van der Waals surface area contributed by atoms with Gasteiger partial charge in [-0.25, -0.2) is 4.79 Å². The highest BCUT2D eigenvalue weighted by molar-refractivity contribution is 6.30. The number of carbonyl (C=O) groups excluding carboxylic acids is 2. The van der Waals surface area contributed by atoms with Gasteiger partial charge < -0.3 is 10.4 Å². The summed E-state index contributed by atoms with van der Waals surface area (Å²) in [4.78, 5) is 24.7. The van der Waals surface area contributed by atoms with Gasteiger partial charge >= 0.3 is 6.03 Å². The monoisotopic (exact) mass is 280 g/mol. The molecule has 0 bridgehead atoms. The molecule has 0 aromatic heterocycles. The van der Waals surface area contributed by atoms with Crippen LogP contribution in [0.4, 0.5) is 4.79 Å². The topological polar surface area (TPSA) is 69.6 Å². The van der Waals surface area contributed by atoms with Gasteiger partial charge in [-0.2, -0.15) is 0 Å². The van der Waals surface area contributed by atoms with Gasteiger partial charge in [-0.3, -0.25) is 9.69 Å². The first-order valence-electron chi connectivity index (χ1n) is 5.86. The molecule has 0 aliphatic carbocycles. The van der Waals surface area contributed by atoms with Crippen molar-refractivity contribution in [2.75, 3.05) is 6.54 Å². The summed E-state index contributed by atoms with van der Waals surface area (Å²) in [5.74, 6) is -0.404. The van der Waals surface area contributed by atoms with Crippen molar-refractivity contribution in [3.05, 3.63) is 34.5 Å². The normalized spacial score (nSPS) is 17.2. The van der Waals surface area contributed by atoms with Crippen LogP contribution < -0.4 is 5.32 Å². The zero-order valence-corrected chi connectivity index (χ0v) is 11.1. The Labute approximate surface area is 115 Å². The smallest absolute Gasteiger partial charge is 0.329 e. The molecule has 1 aliphatic rings. The van der Waals surface area contributed by atoms with Crippen molar-refractivity contribution in [1.82, 2.24) is 10.2 Å². The molecule has 6 heteroatoms. The number of benzene rings is 1. The average molecular weight is 281 g/mol. The fourth-order valence-electron chi connectivity index (χ4n) is 1.79. The van der Waals surface area contributed by atoms with Crippen LogP contribution in [-0.4, -0.2) is 28.5 Å². The minimum absolute atomic E-state index is 0.00658. The van der Waals surface area contributed by atoms with E-state index in [1.54, 1.807) is 0 Å². The van der Waals surface area contributed by atoms with Crippen molar-refractivity contribution in [1.29, 1.82) is 0 Å². The number of hydrogen-bond donors (Lipinski definition) is 2. The summed E-state index contributed by atoms with van der Waals surface area (Å²) in [6, 6.07) is 4.04. The lowest BCUT2D eigenvalue weighted by Crippen LogP contribution is -2.31. The van der Waals surface area contributed by atoms with Gasteiger partial charge in [0, 0.05) is 17.1 Å². The average Bonchev–Trinajstić information content (AvgIpc) is 2.62. The summed E-state index contributed by atoms with van der Waals surface area (Å²) in [6.07, 6.45) is 2.10. The Morgan fingerprint density at radius 1 is 1.42 bits per heavy atom. The van der Waals surface area contributed by atoms with Gasteiger partial charge in [0.25, 0.3) is 5.91 Å². The summed E-state index contributed by atoms with van der Waals surface area (Å²) in [5.41, 5.74) is 0.519. The Morgan fingerprint density at radius 3 is 2.84 bits per heavy atom. The zero-order valence-electron chi connectivity index (χ0n) is 10.3. The van der Waals surface area contributed by atoms with Crippen molar-refractivity contribution in [3.63, 3.8) is 0 Å². The molecule has 1 aromatic rings. The second-order valence-corrected chi connectivity index (χ2v) is 4.58. The van der Waals surface area contributed by atoms with Gasteiger partial charge in [0.1, 0.15) is 11.4 Å². The first-order valence-corrected chi connectivity index (χ1v) is 6.23. The largest absolute Gasteiger partial charge is 0.507 e. The zero-order chi connectivity index (χ0) is 14.0. The van der Waals surface area contributed by atoms with E-state index < -0.39 is 11.9 Å². The van der Waals surface area contributed by atoms with Crippen LogP contribution >= 0.6 is 11.6 Å². The molecule has 0 radical (unpaired) electrons. The van der Waals surface area contributed by atoms with Gasteiger partial charge in [0.05, 0.1) is 0 Å². The molecule has 19 heavy (non-hydrogen) atoms. The first kappa shape index (κ1) is 13.4. The number of nitrogens with one attached hydrogen (secondary N) is 1. The fraction of sp³-hybridized carbons (Fsp3) is 0.231. The molecule has 3 amide bonds. The Hall–Kier alpha value is -2.01. The molecule has 0 unspecified atom stereocenters. The third-order valence-corrected chi connectivity index (χ3v) is 2.93. The van der Waals surface area contributed by atoms with Crippen molar-refractivity contribution in [2.24, 2.45) is 0 Å². The van der Waals surface area contributed by atoms with Crippen LogP contribution in [0, 0.1) is 0 Å². The summed E-state index contributed by atoms with van der Waals surface area (Å²) < 4.78 is 0. The van der Waals surface area contributed by atoms with Crippen molar-refractivity contribution < 1.29 is 14.7 Å². The molecule has 0 spiro atoms. The Bertz CT molecular complexity index is 569. The van der Waals surface area contributed by atoms with Crippen molar-refractivity contribution in [2.45, 2.75) is 13.3 Å². The van der Waals surface area contributed by atoms with Gasteiger partial charge in [0.15, 0.2) is 0 Å². The molecule has 5 nitrogen and oxygen atoms in total. The maximum Gasteiger partial charge on any atom is 0.329 e. The van der Waals surface area contributed by atoms with E-state index in [2.05, 4.69) is 5.32 Å². The van der Waals surface area contributed by atoms with Gasteiger partial charge in [-0.05, 0) is 30.7 Å².